The molecule has 0 bridgehead atoms. The molecule has 0 saturated heterocycles. The van der Waals surface area contributed by atoms with Gasteiger partial charge in [0.05, 0.1) is 12.7 Å². The molecule has 0 aromatic heterocycles. The first-order valence-corrected chi connectivity index (χ1v) is 8.65. The molecule has 1 aliphatic carbocycles. The average molecular weight is 318 g/mol. The minimum absolute atomic E-state index is 0.248. The summed E-state index contributed by atoms with van der Waals surface area (Å²) in [7, 11) is 3.50. The normalized spacial score (nSPS) is 21.1. The second-order valence-electron chi connectivity index (χ2n) is 6.53. The van der Waals surface area contributed by atoms with Gasteiger partial charge in [-0.2, -0.15) is 0 Å². The Labute approximate surface area is 140 Å². The molecular weight excluding hydrogens is 288 g/mol. The molecule has 2 rings (SSSR count). The predicted molar refractivity (Wildman–Crippen MR) is 95.4 cm³/mol. The van der Waals surface area contributed by atoms with E-state index >= 15 is 0 Å². The number of carbonyl (C=O) groups excluding carboxylic acids is 1. The summed E-state index contributed by atoms with van der Waals surface area (Å²) in [6, 6.07) is 5.33. The third-order valence-corrected chi connectivity index (χ3v) is 5.13. The van der Waals surface area contributed by atoms with Crippen LogP contribution in [0.5, 0.6) is 0 Å². The molecule has 0 aliphatic heterocycles. The van der Waals surface area contributed by atoms with Gasteiger partial charge in [0.25, 0.3) is 0 Å². The maximum atomic E-state index is 12.1. The van der Waals surface area contributed by atoms with Gasteiger partial charge in [0.1, 0.15) is 0 Å². The van der Waals surface area contributed by atoms with Crippen LogP contribution in [0.4, 0.5) is 5.69 Å². The average Bonchev–Trinajstić information content (AvgIpc) is 2.58. The molecule has 1 saturated carbocycles. The highest BCUT2D eigenvalue weighted by molar-refractivity contribution is 5.93. The van der Waals surface area contributed by atoms with E-state index in [-0.39, 0.29) is 5.97 Å². The van der Waals surface area contributed by atoms with Gasteiger partial charge in [-0.05, 0) is 76.8 Å². The second kappa shape index (κ2) is 7.82. The van der Waals surface area contributed by atoms with Gasteiger partial charge in [0.15, 0.2) is 0 Å². The number of aryl methyl sites for hydroxylation is 1. The summed E-state index contributed by atoms with van der Waals surface area (Å²) in [4.78, 5) is 14.5. The summed E-state index contributed by atoms with van der Waals surface area (Å²) >= 11 is 0. The fourth-order valence-corrected chi connectivity index (χ4v) is 3.76. The lowest BCUT2D eigenvalue weighted by Crippen LogP contribution is -2.42. The van der Waals surface area contributed by atoms with Gasteiger partial charge in [0.2, 0.25) is 0 Å². The Bertz CT molecular complexity index is 549. The van der Waals surface area contributed by atoms with E-state index in [9.17, 15) is 4.79 Å². The quantitative estimate of drug-likeness (QED) is 0.844. The molecule has 0 atom stereocenters. The molecule has 0 heterocycles. The van der Waals surface area contributed by atoms with E-state index in [1.165, 1.54) is 38.5 Å². The maximum absolute atomic E-state index is 12.1. The molecule has 1 aromatic carbocycles. The Hall–Kier alpha value is -1.55. The molecule has 128 valence electrons. The Balaban J connectivity index is 2.31. The van der Waals surface area contributed by atoms with Gasteiger partial charge in [0, 0.05) is 24.3 Å². The molecule has 23 heavy (non-hydrogen) atoms. The third kappa shape index (κ3) is 3.86. The predicted octanol–water partition coefficient (Wildman–Crippen LogP) is 3.45. The monoisotopic (exact) mass is 318 g/mol. The lowest BCUT2D eigenvalue weighted by molar-refractivity contribution is 0.0600. The zero-order valence-corrected chi connectivity index (χ0v) is 15.1. The molecule has 1 N–H and O–H groups in total. The topological polar surface area (TPSA) is 41.6 Å². The van der Waals surface area contributed by atoms with Crippen molar-refractivity contribution in [3.8, 4) is 0 Å². The van der Waals surface area contributed by atoms with Crippen LogP contribution in [0.25, 0.3) is 0 Å². The van der Waals surface area contributed by atoms with Crippen molar-refractivity contribution in [1.82, 2.24) is 5.32 Å². The first-order valence-electron chi connectivity index (χ1n) is 8.65. The first-order chi connectivity index (χ1) is 11.0. The second-order valence-corrected chi connectivity index (χ2v) is 6.53. The Morgan fingerprint density at radius 1 is 1.26 bits per heavy atom. The largest absolute Gasteiger partial charge is 0.465 e. The number of esters is 1. The fraction of sp³-hybridized carbons (Fsp3) is 0.632. The van der Waals surface area contributed by atoms with E-state index in [0.717, 1.165) is 17.7 Å². The van der Waals surface area contributed by atoms with Crippen molar-refractivity contribution in [2.24, 2.45) is 0 Å². The van der Waals surface area contributed by atoms with E-state index < -0.39 is 0 Å². The Morgan fingerprint density at radius 3 is 2.43 bits per heavy atom. The number of hydrogen-bond acceptors (Lipinski definition) is 4. The number of nitrogens with one attached hydrogen (secondary N) is 1. The molecule has 1 fully saturated rings. The minimum atomic E-state index is -0.248. The van der Waals surface area contributed by atoms with Gasteiger partial charge in [-0.3, -0.25) is 0 Å². The number of nitrogens with zero attached hydrogens (tertiary/aromatic N) is 1. The summed E-state index contributed by atoms with van der Waals surface area (Å²) in [5.74, 6) is -0.248. The van der Waals surface area contributed by atoms with Gasteiger partial charge in [-0.1, -0.05) is 0 Å². The van der Waals surface area contributed by atoms with E-state index in [1.807, 2.05) is 19.9 Å². The number of rotatable bonds is 5. The van der Waals surface area contributed by atoms with Crippen LogP contribution in [0.1, 0.15) is 54.1 Å². The third-order valence-electron chi connectivity index (χ3n) is 5.13. The van der Waals surface area contributed by atoms with Crippen LogP contribution in [-0.4, -0.2) is 38.8 Å². The highest BCUT2D eigenvalue weighted by Gasteiger charge is 2.26. The minimum Gasteiger partial charge on any atom is -0.465 e. The number of ether oxygens (including phenoxy) is 1. The molecule has 0 radical (unpaired) electrons. The van der Waals surface area contributed by atoms with Gasteiger partial charge in [-0.15, -0.1) is 0 Å². The van der Waals surface area contributed by atoms with Gasteiger partial charge >= 0.3 is 5.97 Å². The standard InChI is InChI=1S/C19H30N2O2/c1-6-21(16-9-7-15(20-4)8-10-16)18-12-13(2)11-17(14(18)3)19(22)23-5/h11-12,15-16,20H,6-10H2,1-5H3. The molecule has 0 unspecified atom stereocenters. The van der Waals surface area contributed by atoms with Crippen LogP contribution < -0.4 is 10.2 Å². The number of hydrogen-bond donors (Lipinski definition) is 1. The van der Waals surface area contributed by atoms with E-state index in [2.05, 4.69) is 30.3 Å². The van der Waals surface area contributed by atoms with E-state index in [1.54, 1.807) is 0 Å². The van der Waals surface area contributed by atoms with Gasteiger partial charge < -0.3 is 15.0 Å². The van der Waals surface area contributed by atoms with Crippen LogP contribution in [0.2, 0.25) is 0 Å². The number of anilines is 1. The highest BCUT2D eigenvalue weighted by Crippen LogP contribution is 2.32. The molecule has 4 heteroatoms. The molecule has 0 amide bonds. The van der Waals surface area contributed by atoms with Crippen molar-refractivity contribution in [2.75, 3.05) is 25.6 Å². The summed E-state index contributed by atoms with van der Waals surface area (Å²) < 4.78 is 4.95. The van der Waals surface area contributed by atoms with Crippen LogP contribution in [-0.2, 0) is 4.74 Å². The van der Waals surface area contributed by atoms with Crippen LogP contribution in [0.3, 0.4) is 0 Å². The van der Waals surface area contributed by atoms with Crippen molar-refractivity contribution in [3.63, 3.8) is 0 Å². The molecule has 4 nitrogen and oxygen atoms in total. The van der Waals surface area contributed by atoms with Crippen molar-refractivity contribution in [1.29, 1.82) is 0 Å². The van der Waals surface area contributed by atoms with Gasteiger partial charge in [-0.25, -0.2) is 4.79 Å². The molecule has 0 spiro atoms. The first kappa shape index (κ1) is 17.8. The molecular formula is C19H30N2O2. The van der Waals surface area contributed by atoms with Crippen LogP contribution in [0, 0.1) is 13.8 Å². The van der Waals surface area contributed by atoms with Crippen LogP contribution >= 0.6 is 0 Å². The lowest BCUT2D eigenvalue weighted by atomic mass is 9.89. The van der Waals surface area contributed by atoms with Crippen molar-refractivity contribution >= 4 is 11.7 Å². The van der Waals surface area contributed by atoms with Crippen LogP contribution in [0.15, 0.2) is 12.1 Å². The fourth-order valence-electron chi connectivity index (χ4n) is 3.76. The van der Waals surface area contributed by atoms with Crippen molar-refractivity contribution in [2.45, 2.75) is 58.5 Å². The smallest absolute Gasteiger partial charge is 0.338 e. The summed E-state index contributed by atoms with van der Waals surface area (Å²) in [6.07, 6.45) is 4.82. The lowest BCUT2D eigenvalue weighted by Gasteiger charge is -2.39. The Kier molecular flexibility index (Phi) is 6.05. The number of methoxy groups -OCH3 is 1. The van der Waals surface area contributed by atoms with E-state index in [0.29, 0.717) is 17.6 Å². The van der Waals surface area contributed by atoms with Crippen molar-refractivity contribution < 1.29 is 9.53 Å². The molecule has 1 aromatic rings. The molecule has 1 aliphatic rings. The summed E-state index contributed by atoms with van der Waals surface area (Å²) in [5, 5.41) is 3.39. The zero-order chi connectivity index (χ0) is 17.0. The Morgan fingerprint density at radius 2 is 1.91 bits per heavy atom. The van der Waals surface area contributed by atoms with E-state index in [4.69, 9.17) is 4.74 Å². The summed E-state index contributed by atoms with van der Waals surface area (Å²) in [6.45, 7) is 7.23. The highest BCUT2D eigenvalue weighted by atomic mass is 16.5. The van der Waals surface area contributed by atoms with Crippen molar-refractivity contribution in [3.05, 3.63) is 28.8 Å². The summed E-state index contributed by atoms with van der Waals surface area (Å²) in [5.41, 5.74) is 4.00. The SMILES string of the molecule is CCN(c1cc(C)cc(C(=O)OC)c1C)C1CCC(NC)CC1. The maximum Gasteiger partial charge on any atom is 0.338 e. The number of carbonyl (C=O) groups is 1. The zero-order valence-electron chi connectivity index (χ0n) is 15.1. The number of benzene rings is 1.